The van der Waals surface area contributed by atoms with Crippen molar-refractivity contribution in [3.63, 3.8) is 0 Å². The van der Waals surface area contributed by atoms with Crippen LogP contribution >= 0.6 is 0 Å². The first kappa shape index (κ1) is 24.1. The van der Waals surface area contributed by atoms with Gasteiger partial charge in [0.05, 0.1) is 24.8 Å². The van der Waals surface area contributed by atoms with Crippen molar-refractivity contribution < 1.29 is 9.53 Å². The Morgan fingerprint density at radius 1 is 1.21 bits per heavy atom. The Bertz CT molecular complexity index is 1220. The van der Waals surface area contributed by atoms with Gasteiger partial charge in [0.25, 0.3) is 11.5 Å². The van der Waals surface area contributed by atoms with Gasteiger partial charge in [0, 0.05) is 28.8 Å². The van der Waals surface area contributed by atoms with Crippen molar-refractivity contribution in [2.45, 2.75) is 52.6 Å². The zero-order valence-corrected chi connectivity index (χ0v) is 20.7. The zero-order valence-electron chi connectivity index (χ0n) is 20.7. The van der Waals surface area contributed by atoms with E-state index in [1.54, 1.807) is 13.0 Å². The number of hydrogen-bond donors (Lipinski definition) is 2. The summed E-state index contributed by atoms with van der Waals surface area (Å²) in [5.41, 5.74) is 3.62. The summed E-state index contributed by atoms with van der Waals surface area (Å²) in [6.07, 6.45) is 4.87. The lowest BCUT2D eigenvalue weighted by Gasteiger charge is -2.29. The van der Waals surface area contributed by atoms with Crippen LogP contribution in [0.3, 0.4) is 0 Å². The molecule has 1 aromatic carbocycles. The molecule has 2 aromatic heterocycles. The summed E-state index contributed by atoms with van der Waals surface area (Å²) in [7, 11) is 3.73. The second-order valence-electron chi connectivity index (χ2n) is 9.53. The summed E-state index contributed by atoms with van der Waals surface area (Å²) in [5, 5.41) is 3.90. The molecule has 3 heterocycles. The lowest BCUT2D eigenvalue weighted by atomic mass is 9.92. The minimum atomic E-state index is -0.245. The average molecular weight is 465 g/mol. The molecule has 4 rings (SSSR count). The number of para-hydroxylation sites is 1. The number of piperidine rings is 1. The molecule has 0 bridgehead atoms. The minimum absolute atomic E-state index is 0.104. The number of benzene rings is 1. The van der Waals surface area contributed by atoms with Crippen molar-refractivity contribution in [2.75, 3.05) is 27.2 Å². The van der Waals surface area contributed by atoms with Crippen LogP contribution in [0.4, 0.5) is 0 Å². The largest absolute Gasteiger partial charge is 0.496 e. The summed E-state index contributed by atoms with van der Waals surface area (Å²) in [6, 6.07) is 9.85. The standard InChI is InChI=1S/C27H36N4O3/c1-18-16-24(34-4)22(26(32)29-18)17-28-27(33)25-19(2)31(23-10-6-5-9-21(23)25)13-7-8-20-11-14-30(3)15-12-20/h5-6,9-10,16,20H,7-8,11-15,17H2,1-4H3,(H,28,33)(H,29,32). The topological polar surface area (TPSA) is 79.4 Å². The Morgan fingerprint density at radius 2 is 1.94 bits per heavy atom. The first-order valence-electron chi connectivity index (χ1n) is 12.2. The summed E-state index contributed by atoms with van der Waals surface area (Å²) < 4.78 is 7.64. The second-order valence-corrected chi connectivity index (χ2v) is 9.53. The fourth-order valence-corrected chi connectivity index (χ4v) is 5.19. The first-order chi connectivity index (χ1) is 16.4. The number of likely N-dealkylation sites (tertiary alicyclic amines) is 1. The molecular weight excluding hydrogens is 428 g/mol. The predicted molar refractivity (Wildman–Crippen MR) is 136 cm³/mol. The molecule has 0 unspecified atom stereocenters. The van der Waals surface area contributed by atoms with Crippen LogP contribution in [0.5, 0.6) is 5.75 Å². The Balaban J connectivity index is 1.51. The number of nitrogens with zero attached hydrogens (tertiary/aromatic N) is 2. The van der Waals surface area contributed by atoms with E-state index >= 15 is 0 Å². The molecule has 3 aromatic rings. The van der Waals surface area contributed by atoms with E-state index < -0.39 is 0 Å². The first-order valence-corrected chi connectivity index (χ1v) is 12.2. The van der Waals surface area contributed by atoms with Gasteiger partial charge in [0.1, 0.15) is 5.75 Å². The maximum absolute atomic E-state index is 13.3. The van der Waals surface area contributed by atoms with Crippen molar-refractivity contribution in [2.24, 2.45) is 5.92 Å². The van der Waals surface area contributed by atoms with Crippen LogP contribution in [-0.2, 0) is 13.1 Å². The number of carbonyl (C=O) groups is 1. The highest BCUT2D eigenvalue weighted by molar-refractivity contribution is 6.08. The van der Waals surface area contributed by atoms with Crippen molar-refractivity contribution >= 4 is 16.8 Å². The lowest BCUT2D eigenvalue weighted by Crippen LogP contribution is -2.30. The highest BCUT2D eigenvalue weighted by Gasteiger charge is 2.21. The predicted octanol–water partition coefficient (Wildman–Crippen LogP) is 4.01. The average Bonchev–Trinajstić information content (AvgIpc) is 3.10. The fraction of sp³-hybridized carbons (Fsp3) is 0.481. The zero-order chi connectivity index (χ0) is 24.2. The number of aromatic amines is 1. The number of methoxy groups -OCH3 is 1. The Labute approximate surface area is 201 Å². The van der Waals surface area contributed by atoms with Crippen LogP contribution in [0.2, 0.25) is 0 Å². The van der Waals surface area contributed by atoms with Gasteiger partial charge in [-0.25, -0.2) is 0 Å². The van der Waals surface area contributed by atoms with Crippen molar-refractivity contribution in [3.05, 3.63) is 63.2 Å². The molecule has 1 aliphatic rings. The minimum Gasteiger partial charge on any atom is -0.496 e. The summed E-state index contributed by atoms with van der Waals surface area (Å²) in [5.74, 6) is 1.10. The number of carbonyl (C=O) groups excluding carboxylic acids is 1. The molecule has 0 spiro atoms. The number of ether oxygens (including phenoxy) is 1. The number of hydrogen-bond acceptors (Lipinski definition) is 4. The van der Waals surface area contributed by atoms with E-state index in [4.69, 9.17) is 4.74 Å². The molecule has 0 atom stereocenters. The van der Waals surface area contributed by atoms with Crippen molar-refractivity contribution in [1.82, 2.24) is 19.8 Å². The highest BCUT2D eigenvalue weighted by atomic mass is 16.5. The molecule has 2 N–H and O–H groups in total. The van der Waals surface area contributed by atoms with Gasteiger partial charge in [-0.15, -0.1) is 0 Å². The van der Waals surface area contributed by atoms with Gasteiger partial charge in [-0.2, -0.15) is 0 Å². The smallest absolute Gasteiger partial charge is 0.256 e. The van der Waals surface area contributed by atoms with Crippen molar-refractivity contribution in [3.8, 4) is 5.75 Å². The van der Waals surface area contributed by atoms with Crippen LogP contribution in [0, 0.1) is 19.8 Å². The summed E-state index contributed by atoms with van der Waals surface area (Å²) in [6.45, 7) is 7.20. The van der Waals surface area contributed by atoms with E-state index in [-0.39, 0.29) is 18.0 Å². The maximum atomic E-state index is 13.3. The van der Waals surface area contributed by atoms with Crippen LogP contribution in [0.1, 0.15) is 53.0 Å². The van der Waals surface area contributed by atoms with E-state index in [1.807, 2.05) is 25.1 Å². The Morgan fingerprint density at radius 3 is 2.68 bits per heavy atom. The molecule has 1 fully saturated rings. The highest BCUT2D eigenvalue weighted by Crippen LogP contribution is 2.28. The molecule has 1 amide bonds. The van der Waals surface area contributed by atoms with E-state index in [9.17, 15) is 9.59 Å². The van der Waals surface area contributed by atoms with E-state index in [2.05, 4.69) is 32.9 Å². The van der Waals surface area contributed by atoms with Crippen LogP contribution in [0.25, 0.3) is 10.9 Å². The van der Waals surface area contributed by atoms with Gasteiger partial charge >= 0.3 is 0 Å². The Kier molecular flexibility index (Phi) is 7.41. The van der Waals surface area contributed by atoms with Gasteiger partial charge < -0.3 is 24.5 Å². The number of aromatic nitrogens is 2. The normalized spacial score (nSPS) is 15.1. The van der Waals surface area contributed by atoms with Crippen LogP contribution in [0.15, 0.2) is 35.1 Å². The third-order valence-electron chi connectivity index (χ3n) is 7.17. The van der Waals surface area contributed by atoms with Gasteiger partial charge in [-0.05, 0) is 77.7 Å². The molecule has 0 saturated carbocycles. The molecule has 0 radical (unpaired) electrons. The molecule has 7 heteroatoms. The molecule has 1 aliphatic heterocycles. The van der Waals surface area contributed by atoms with E-state index in [0.29, 0.717) is 16.9 Å². The molecule has 0 aliphatic carbocycles. The lowest BCUT2D eigenvalue weighted by molar-refractivity contribution is 0.0951. The molecule has 1 saturated heterocycles. The van der Waals surface area contributed by atoms with Crippen LogP contribution in [-0.4, -0.2) is 47.6 Å². The van der Waals surface area contributed by atoms with Crippen LogP contribution < -0.4 is 15.6 Å². The van der Waals surface area contributed by atoms with E-state index in [1.165, 1.54) is 39.5 Å². The van der Waals surface area contributed by atoms with Crippen molar-refractivity contribution in [1.29, 1.82) is 0 Å². The Hall–Kier alpha value is -3.06. The number of pyridine rings is 1. The third kappa shape index (κ3) is 5.04. The number of fused-ring (bicyclic) bond motifs is 1. The van der Waals surface area contributed by atoms with E-state index in [0.717, 1.165) is 41.2 Å². The summed E-state index contributed by atoms with van der Waals surface area (Å²) in [4.78, 5) is 30.9. The second kappa shape index (κ2) is 10.5. The maximum Gasteiger partial charge on any atom is 0.256 e. The van der Waals surface area contributed by atoms with Gasteiger partial charge in [0.2, 0.25) is 0 Å². The number of rotatable bonds is 8. The number of nitrogens with one attached hydrogen (secondary N) is 2. The number of amides is 1. The quantitative estimate of drug-likeness (QED) is 0.528. The number of aryl methyl sites for hydroxylation is 2. The number of H-pyrrole nitrogens is 1. The molecular formula is C27H36N4O3. The summed E-state index contributed by atoms with van der Waals surface area (Å²) >= 11 is 0. The molecule has 182 valence electrons. The monoisotopic (exact) mass is 464 g/mol. The SMILES string of the molecule is COc1cc(C)[nH]c(=O)c1CNC(=O)c1c(C)n(CCCC2CCN(C)CC2)c2ccccc12. The molecule has 34 heavy (non-hydrogen) atoms. The van der Waals surface area contributed by atoms with Gasteiger partial charge in [-0.3, -0.25) is 9.59 Å². The fourth-order valence-electron chi connectivity index (χ4n) is 5.19. The van der Waals surface area contributed by atoms with Gasteiger partial charge in [0.15, 0.2) is 0 Å². The third-order valence-corrected chi connectivity index (χ3v) is 7.17. The van der Waals surface area contributed by atoms with Gasteiger partial charge in [-0.1, -0.05) is 18.2 Å². The molecule has 7 nitrogen and oxygen atoms in total.